The van der Waals surface area contributed by atoms with E-state index in [0.717, 1.165) is 48.2 Å². The fourth-order valence-electron chi connectivity index (χ4n) is 3.89. The molecule has 158 valence electrons. The average molecular weight is 463 g/mol. The van der Waals surface area contributed by atoms with Crippen molar-refractivity contribution in [3.8, 4) is 17.7 Å². The number of nitrogens with zero attached hydrogens (tertiary/aromatic N) is 4. The molecule has 0 spiro atoms. The van der Waals surface area contributed by atoms with E-state index in [1.165, 1.54) is 4.88 Å². The molecule has 2 aromatic carbocycles. The second-order valence-electron chi connectivity index (χ2n) is 7.35. The van der Waals surface area contributed by atoms with Crippen molar-refractivity contribution in [1.82, 2.24) is 9.97 Å². The molecule has 0 N–H and O–H groups in total. The van der Waals surface area contributed by atoms with Crippen molar-refractivity contribution in [1.29, 1.82) is 5.26 Å². The molecular weight excluding hydrogens is 447 g/mol. The zero-order chi connectivity index (χ0) is 22.1. The molecule has 32 heavy (non-hydrogen) atoms. The monoisotopic (exact) mass is 462 g/mol. The van der Waals surface area contributed by atoms with Gasteiger partial charge in [-0.05, 0) is 59.7 Å². The van der Waals surface area contributed by atoms with Gasteiger partial charge in [-0.3, -0.25) is 0 Å². The van der Waals surface area contributed by atoms with Crippen molar-refractivity contribution in [2.45, 2.75) is 25.7 Å². The number of rotatable bonds is 4. The van der Waals surface area contributed by atoms with Crippen LogP contribution in [0.2, 0.25) is 5.28 Å². The van der Waals surface area contributed by atoms with Gasteiger partial charge in [-0.15, -0.1) is 11.3 Å². The van der Waals surface area contributed by atoms with Crippen LogP contribution in [-0.2, 0) is 12.8 Å². The molecule has 2 aromatic heterocycles. The van der Waals surface area contributed by atoms with Gasteiger partial charge in [0, 0.05) is 16.7 Å². The lowest BCUT2D eigenvalue weighted by Gasteiger charge is -2.11. The molecule has 2 heterocycles. The van der Waals surface area contributed by atoms with Gasteiger partial charge < -0.3 is 4.74 Å². The quantitative estimate of drug-likeness (QED) is 0.247. The van der Waals surface area contributed by atoms with Crippen LogP contribution in [0.3, 0.4) is 0 Å². The number of nitriles is 1. The van der Waals surface area contributed by atoms with Crippen molar-refractivity contribution in [2.24, 2.45) is 4.99 Å². The van der Waals surface area contributed by atoms with Crippen LogP contribution >= 0.6 is 22.9 Å². The summed E-state index contributed by atoms with van der Waals surface area (Å²) >= 11 is 7.38. The van der Waals surface area contributed by atoms with Crippen LogP contribution in [0.15, 0.2) is 47.6 Å². The van der Waals surface area contributed by atoms with E-state index in [-0.39, 0.29) is 11.2 Å². The van der Waals surface area contributed by atoms with Gasteiger partial charge in [-0.1, -0.05) is 30.3 Å². The highest BCUT2D eigenvalue weighted by Gasteiger charge is 2.20. The zero-order valence-corrected chi connectivity index (χ0v) is 18.4. The molecule has 0 amide bonds. The molecule has 8 heteroatoms. The highest BCUT2D eigenvalue weighted by atomic mass is 35.5. The second kappa shape index (κ2) is 8.65. The van der Waals surface area contributed by atoms with Gasteiger partial charge in [-0.25, -0.2) is 9.98 Å². The molecule has 0 unspecified atom stereocenters. The maximum Gasteiger partial charge on any atom is 0.260 e. The fraction of sp³-hybridized carbons (Fsp3) is 0.167. The van der Waals surface area contributed by atoms with Crippen LogP contribution in [0.1, 0.15) is 34.4 Å². The van der Waals surface area contributed by atoms with Gasteiger partial charge in [0.1, 0.15) is 16.8 Å². The lowest BCUT2D eigenvalue weighted by molar-refractivity contribution is 0.420. The van der Waals surface area contributed by atoms with E-state index in [2.05, 4.69) is 21.0 Å². The van der Waals surface area contributed by atoms with E-state index in [1.807, 2.05) is 30.3 Å². The molecule has 5 nitrogen and oxygen atoms in total. The highest BCUT2D eigenvalue weighted by molar-refractivity contribution is 7.16. The van der Waals surface area contributed by atoms with Crippen molar-refractivity contribution in [3.05, 3.63) is 75.3 Å². The Labute approximate surface area is 192 Å². The Hall–Kier alpha value is -3.34. The molecular formula is C24H16ClFN4OS. The molecule has 4 aromatic rings. The van der Waals surface area contributed by atoms with E-state index in [4.69, 9.17) is 16.3 Å². The number of ether oxygens (including phenoxy) is 1. The van der Waals surface area contributed by atoms with Gasteiger partial charge >= 0.3 is 0 Å². The molecule has 0 bridgehead atoms. The molecule has 0 fully saturated rings. The lowest BCUT2D eigenvalue weighted by Crippen LogP contribution is -1.99. The van der Waals surface area contributed by atoms with Crippen LogP contribution < -0.4 is 4.74 Å². The number of fused-ring (bicyclic) bond motifs is 2. The number of aromatic nitrogens is 2. The average Bonchev–Trinajstić information content (AvgIpc) is 3.18. The Balaban J connectivity index is 1.61. The van der Waals surface area contributed by atoms with Gasteiger partial charge in [0.05, 0.1) is 11.8 Å². The number of aliphatic imine (C=N–C) groups is 1. The van der Waals surface area contributed by atoms with Gasteiger partial charge in [0.25, 0.3) is 5.88 Å². The molecule has 1 aliphatic carbocycles. The predicted octanol–water partition coefficient (Wildman–Crippen LogP) is 6.78. The lowest BCUT2D eigenvalue weighted by atomic mass is 9.96. The minimum atomic E-state index is -0.719. The van der Waals surface area contributed by atoms with Crippen LogP contribution in [0.25, 0.3) is 10.8 Å². The Kier molecular flexibility index (Phi) is 5.56. The summed E-state index contributed by atoms with van der Waals surface area (Å²) in [6.45, 7) is 0. The summed E-state index contributed by atoms with van der Waals surface area (Å²) in [5, 5.41) is 12.2. The first kappa shape index (κ1) is 20.6. The molecule has 0 atom stereocenters. The van der Waals surface area contributed by atoms with E-state index < -0.39 is 5.82 Å². The minimum Gasteiger partial charge on any atom is -0.436 e. The highest BCUT2D eigenvalue weighted by Crippen LogP contribution is 2.40. The first-order chi connectivity index (χ1) is 15.6. The number of hydrogen-bond donors (Lipinski definition) is 0. The topological polar surface area (TPSA) is 71.2 Å². The Morgan fingerprint density at radius 3 is 2.91 bits per heavy atom. The SMILES string of the molecule is N#Cc1c(N=Cc2c(Oc3nc(Cl)ncc3F)ccc3ccccc23)sc2c1CCCC2. The summed E-state index contributed by atoms with van der Waals surface area (Å²) in [5.41, 5.74) is 2.44. The summed E-state index contributed by atoms with van der Waals surface area (Å²) in [6, 6.07) is 13.7. The van der Waals surface area contributed by atoms with Crippen molar-refractivity contribution < 1.29 is 9.13 Å². The maximum absolute atomic E-state index is 14.2. The summed E-state index contributed by atoms with van der Waals surface area (Å²) in [7, 11) is 0. The molecule has 0 saturated carbocycles. The zero-order valence-electron chi connectivity index (χ0n) is 16.8. The minimum absolute atomic E-state index is 0.111. The molecule has 5 rings (SSSR count). The normalized spacial score (nSPS) is 13.3. The third-order valence-electron chi connectivity index (χ3n) is 5.40. The molecule has 0 saturated heterocycles. The number of halogens is 2. The fourth-order valence-corrected chi connectivity index (χ4v) is 5.19. The first-order valence-corrected chi connectivity index (χ1v) is 11.3. The van der Waals surface area contributed by atoms with Crippen molar-refractivity contribution >= 4 is 44.9 Å². The van der Waals surface area contributed by atoms with Crippen LogP contribution in [-0.4, -0.2) is 16.2 Å². The Morgan fingerprint density at radius 2 is 2.03 bits per heavy atom. The second-order valence-corrected chi connectivity index (χ2v) is 8.78. The standard InChI is InChI=1S/C24H16ClFN4OS/c25-24-29-13-19(26)22(30-24)31-20-10-9-14-5-1-2-6-15(14)18(20)12-28-23-17(11-27)16-7-3-4-8-21(16)32-23/h1-2,5-6,9-10,12-13H,3-4,7-8H2. The summed E-state index contributed by atoms with van der Waals surface area (Å²) < 4.78 is 20.0. The van der Waals surface area contributed by atoms with Gasteiger partial charge in [0.15, 0.2) is 0 Å². The third-order valence-corrected chi connectivity index (χ3v) is 6.78. The van der Waals surface area contributed by atoms with E-state index >= 15 is 0 Å². The van der Waals surface area contributed by atoms with Crippen molar-refractivity contribution in [3.63, 3.8) is 0 Å². The van der Waals surface area contributed by atoms with Crippen molar-refractivity contribution in [2.75, 3.05) is 0 Å². The summed E-state index contributed by atoms with van der Waals surface area (Å²) in [5.74, 6) is -0.608. The van der Waals surface area contributed by atoms with E-state index in [9.17, 15) is 9.65 Å². The van der Waals surface area contributed by atoms with Gasteiger partial charge in [0.2, 0.25) is 11.1 Å². The number of thiophene rings is 1. The predicted molar refractivity (Wildman–Crippen MR) is 124 cm³/mol. The van der Waals surface area contributed by atoms with Crippen LogP contribution in [0.5, 0.6) is 11.6 Å². The summed E-state index contributed by atoms with van der Waals surface area (Å²) in [6.07, 6.45) is 6.78. The number of benzene rings is 2. The Bertz CT molecular complexity index is 1410. The number of hydrogen-bond acceptors (Lipinski definition) is 6. The van der Waals surface area contributed by atoms with E-state index in [0.29, 0.717) is 21.9 Å². The molecule has 1 aliphatic rings. The maximum atomic E-state index is 14.2. The largest absolute Gasteiger partial charge is 0.436 e. The van der Waals surface area contributed by atoms with Crippen LogP contribution in [0, 0.1) is 17.1 Å². The number of aryl methyl sites for hydroxylation is 1. The summed E-state index contributed by atoms with van der Waals surface area (Å²) in [4.78, 5) is 13.4. The van der Waals surface area contributed by atoms with E-state index in [1.54, 1.807) is 23.6 Å². The third kappa shape index (κ3) is 3.83. The Morgan fingerprint density at radius 1 is 1.19 bits per heavy atom. The van der Waals surface area contributed by atoms with Gasteiger partial charge in [-0.2, -0.15) is 14.6 Å². The smallest absolute Gasteiger partial charge is 0.260 e. The molecule has 0 radical (unpaired) electrons. The molecule has 0 aliphatic heterocycles. The van der Waals surface area contributed by atoms with Crippen LogP contribution in [0.4, 0.5) is 9.39 Å². The first-order valence-electron chi connectivity index (χ1n) is 10.1.